The number of aromatic nitrogens is 2. The van der Waals surface area contributed by atoms with Gasteiger partial charge in [-0.25, -0.2) is 0 Å². The second-order valence-electron chi connectivity index (χ2n) is 5.75. The number of nitrogens with two attached hydrogens (primary N) is 1. The van der Waals surface area contributed by atoms with Crippen LogP contribution in [0.5, 0.6) is 0 Å². The Hall–Kier alpha value is -2.83. The Kier molecular flexibility index (Phi) is 4.79. The number of fused-ring (bicyclic) bond motifs is 1. The van der Waals surface area contributed by atoms with Crippen molar-refractivity contribution in [2.45, 2.75) is 32.4 Å². The molecule has 1 unspecified atom stereocenters. The fourth-order valence-electron chi connectivity index (χ4n) is 2.59. The molecular formula is C17H21N5O2. The summed E-state index contributed by atoms with van der Waals surface area (Å²) in [5.74, 6) is 0.403. The maximum absolute atomic E-state index is 10.7. The number of hydrogen-bond donors (Lipinski definition) is 2. The lowest BCUT2D eigenvalue weighted by molar-refractivity contribution is -0.141. The average molecular weight is 327 g/mol. The van der Waals surface area contributed by atoms with Crippen LogP contribution in [0.2, 0.25) is 0 Å². The molecule has 2 aliphatic heterocycles. The number of carbonyl (C=O) groups is 1. The van der Waals surface area contributed by atoms with Crippen molar-refractivity contribution in [2.24, 2.45) is 10.7 Å². The summed E-state index contributed by atoms with van der Waals surface area (Å²) in [6.07, 6.45) is 13.2. The normalized spacial score (nSPS) is 18.9. The molecule has 3 rings (SSSR count). The molecule has 2 aliphatic rings. The smallest absolute Gasteiger partial charge is 0.302 e. The highest BCUT2D eigenvalue weighted by atomic mass is 16.5. The van der Waals surface area contributed by atoms with Crippen LogP contribution in [0.4, 0.5) is 0 Å². The molecule has 0 saturated heterocycles. The molecule has 0 spiro atoms. The second-order valence-corrected chi connectivity index (χ2v) is 5.75. The molecule has 1 atom stereocenters. The zero-order valence-corrected chi connectivity index (χ0v) is 13.6. The van der Waals surface area contributed by atoms with E-state index in [9.17, 15) is 4.79 Å². The number of ether oxygens (including phenoxy) is 1. The van der Waals surface area contributed by atoms with E-state index >= 15 is 0 Å². The minimum absolute atomic E-state index is 0.00193. The third-order valence-electron chi connectivity index (χ3n) is 3.83. The molecule has 24 heavy (non-hydrogen) atoms. The predicted octanol–water partition coefficient (Wildman–Crippen LogP) is 1.35. The summed E-state index contributed by atoms with van der Waals surface area (Å²) < 4.78 is 6.81. The Labute approximate surface area is 140 Å². The van der Waals surface area contributed by atoms with Gasteiger partial charge in [0.05, 0.1) is 30.4 Å². The summed E-state index contributed by atoms with van der Waals surface area (Å²) in [4.78, 5) is 15.2. The molecule has 3 N–H and O–H groups in total. The van der Waals surface area contributed by atoms with Gasteiger partial charge in [0.15, 0.2) is 0 Å². The molecule has 0 amide bonds. The van der Waals surface area contributed by atoms with Crippen molar-refractivity contribution in [3.63, 3.8) is 0 Å². The van der Waals surface area contributed by atoms with E-state index in [-0.39, 0.29) is 12.0 Å². The molecular weight excluding hydrogens is 306 g/mol. The first-order valence-corrected chi connectivity index (χ1v) is 7.98. The number of carbonyl (C=O) groups excluding carboxylic acids is 1. The van der Waals surface area contributed by atoms with Gasteiger partial charge in [-0.1, -0.05) is 0 Å². The Morgan fingerprint density at radius 2 is 2.29 bits per heavy atom. The van der Waals surface area contributed by atoms with Crippen LogP contribution in [0.1, 0.15) is 25.3 Å². The minimum Gasteiger partial charge on any atom is -0.466 e. The minimum atomic E-state index is -0.236. The molecule has 0 radical (unpaired) electrons. The van der Waals surface area contributed by atoms with Gasteiger partial charge in [-0.3, -0.25) is 14.5 Å². The van der Waals surface area contributed by atoms with E-state index < -0.39 is 0 Å². The lowest BCUT2D eigenvalue weighted by Crippen LogP contribution is -2.35. The number of dihydropyridines is 2. The molecule has 3 heterocycles. The van der Waals surface area contributed by atoms with Gasteiger partial charge >= 0.3 is 5.97 Å². The molecule has 126 valence electrons. The molecule has 7 nitrogen and oxygen atoms in total. The average Bonchev–Trinajstić information content (AvgIpc) is 3.02. The molecule has 1 aromatic heterocycles. The zero-order valence-electron chi connectivity index (χ0n) is 13.6. The van der Waals surface area contributed by atoms with Crippen LogP contribution in [-0.2, 0) is 16.1 Å². The van der Waals surface area contributed by atoms with Crippen molar-refractivity contribution in [3.8, 4) is 0 Å². The number of rotatable bonds is 6. The van der Waals surface area contributed by atoms with E-state index in [0.717, 1.165) is 36.2 Å². The van der Waals surface area contributed by atoms with E-state index in [2.05, 4.69) is 21.5 Å². The fraction of sp³-hybridized carbons (Fsp3) is 0.353. The van der Waals surface area contributed by atoms with E-state index in [4.69, 9.17) is 10.5 Å². The van der Waals surface area contributed by atoms with Gasteiger partial charge in [0.1, 0.15) is 0 Å². The van der Waals surface area contributed by atoms with Crippen LogP contribution in [0.3, 0.4) is 0 Å². The molecule has 1 aromatic rings. The van der Waals surface area contributed by atoms with Gasteiger partial charge in [-0.05, 0) is 31.1 Å². The number of nitrogens with zero attached hydrogens (tertiary/aromatic N) is 3. The second kappa shape index (κ2) is 7.16. The third-order valence-corrected chi connectivity index (χ3v) is 3.83. The van der Waals surface area contributed by atoms with Crippen molar-refractivity contribution in [2.75, 3.05) is 6.61 Å². The Morgan fingerprint density at radius 3 is 3.12 bits per heavy atom. The lowest BCUT2D eigenvalue weighted by Gasteiger charge is -2.23. The number of unbranched alkanes of at least 4 members (excludes halogenated alkanes) is 1. The fourth-order valence-corrected chi connectivity index (χ4v) is 2.59. The van der Waals surface area contributed by atoms with Crippen molar-refractivity contribution in [1.82, 2.24) is 15.1 Å². The number of hydrogen-bond acceptors (Lipinski definition) is 6. The highest BCUT2D eigenvalue weighted by molar-refractivity contribution is 6.11. The molecule has 7 heteroatoms. The molecule has 0 aliphatic carbocycles. The molecule has 0 bridgehead atoms. The van der Waals surface area contributed by atoms with E-state index in [1.165, 1.54) is 6.92 Å². The predicted molar refractivity (Wildman–Crippen MR) is 91.8 cm³/mol. The third kappa shape index (κ3) is 3.92. The highest BCUT2D eigenvalue weighted by Crippen LogP contribution is 2.23. The molecule has 0 aromatic carbocycles. The van der Waals surface area contributed by atoms with Gasteiger partial charge in [0.25, 0.3) is 0 Å². The van der Waals surface area contributed by atoms with Gasteiger partial charge in [-0.15, -0.1) is 0 Å². The van der Waals surface area contributed by atoms with Crippen LogP contribution in [0.25, 0.3) is 5.57 Å². The molecule has 0 saturated carbocycles. The topological polar surface area (TPSA) is 94.5 Å². The summed E-state index contributed by atoms with van der Waals surface area (Å²) >= 11 is 0. The van der Waals surface area contributed by atoms with E-state index in [0.29, 0.717) is 12.4 Å². The van der Waals surface area contributed by atoms with Crippen molar-refractivity contribution in [1.29, 1.82) is 0 Å². The van der Waals surface area contributed by atoms with Gasteiger partial charge in [0, 0.05) is 37.0 Å². The first-order chi connectivity index (χ1) is 11.6. The number of allylic oxidation sites excluding steroid dienone is 3. The first-order valence-electron chi connectivity index (χ1n) is 7.98. The number of aliphatic imine (C=N–C) groups is 1. The van der Waals surface area contributed by atoms with E-state index in [1.54, 1.807) is 0 Å². The first kappa shape index (κ1) is 16.0. The number of aryl methyl sites for hydroxylation is 1. The quantitative estimate of drug-likeness (QED) is 0.607. The monoisotopic (exact) mass is 327 g/mol. The summed E-state index contributed by atoms with van der Waals surface area (Å²) in [6.45, 7) is 2.66. The van der Waals surface area contributed by atoms with Crippen LogP contribution < -0.4 is 11.1 Å². The maximum atomic E-state index is 10.7. The number of nitrogens with one attached hydrogen (secondary N) is 1. The Bertz CT molecular complexity index is 742. The standard InChI is InChI=1S/C17H21N5O2/c1-12(23)24-7-3-2-6-22-11-14(10-20-22)13-8-16-15(19-9-13)4-5-17(18)21-16/h4-5,8-11,16,21H,2-3,6-7,18H2,1H3. The summed E-state index contributed by atoms with van der Waals surface area (Å²) in [5.41, 5.74) is 8.79. The summed E-state index contributed by atoms with van der Waals surface area (Å²) in [7, 11) is 0. The molecule has 0 fully saturated rings. The van der Waals surface area contributed by atoms with Crippen molar-refractivity contribution < 1.29 is 9.53 Å². The highest BCUT2D eigenvalue weighted by Gasteiger charge is 2.19. The largest absolute Gasteiger partial charge is 0.466 e. The van der Waals surface area contributed by atoms with Gasteiger partial charge in [-0.2, -0.15) is 5.10 Å². The Morgan fingerprint density at radius 1 is 1.42 bits per heavy atom. The summed E-state index contributed by atoms with van der Waals surface area (Å²) in [5, 5.41) is 7.57. The van der Waals surface area contributed by atoms with Crippen LogP contribution in [-0.4, -0.2) is 34.6 Å². The van der Waals surface area contributed by atoms with Crippen LogP contribution >= 0.6 is 0 Å². The van der Waals surface area contributed by atoms with Crippen molar-refractivity contribution >= 4 is 17.8 Å². The number of esters is 1. The van der Waals surface area contributed by atoms with Gasteiger partial charge < -0.3 is 15.8 Å². The van der Waals surface area contributed by atoms with Crippen LogP contribution in [0.15, 0.2) is 47.1 Å². The van der Waals surface area contributed by atoms with Gasteiger partial charge in [0.2, 0.25) is 0 Å². The lowest BCUT2D eigenvalue weighted by atomic mass is 10.0. The SMILES string of the molecule is CC(=O)OCCCCn1cc(C2=CC3NC(N)=CC=C3N=C2)cn1. The van der Waals surface area contributed by atoms with Crippen molar-refractivity contribution in [3.05, 3.63) is 47.7 Å². The zero-order chi connectivity index (χ0) is 16.9. The Balaban J connectivity index is 1.56. The van der Waals surface area contributed by atoms with Crippen LogP contribution in [0, 0.1) is 0 Å². The van der Waals surface area contributed by atoms with E-state index in [1.807, 2.05) is 35.4 Å². The summed E-state index contributed by atoms with van der Waals surface area (Å²) in [6, 6.07) is 0.00193. The maximum Gasteiger partial charge on any atom is 0.302 e.